The van der Waals surface area contributed by atoms with Crippen LogP contribution in [0.3, 0.4) is 0 Å². The third kappa shape index (κ3) is 3.47. The van der Waals surface area contributed by atoms with E-state index < -0.39 is 6.04 Å². The third-order valence-corrected chi connectivity index (χ3v) is 5.88. The zero-order valence-corrected chi connectivity index (χ0v) is 16.9. The molecule has 3 aromatic rings. The summed E-state index contributed by atoms with van der Waals surface area (Å²) in [6.07, 6.45) is 4.30. The van der Waals surface area contributed by atoms with Gasteiger partial charge in [-0.2, -0.15) is 5.10 Å². The van der Waals surface area contributed by atoms with Crippen molar-refractivity contribution in [3.8, 4) is 0 Å². The number of hydrogen-bond donors (Lipinski definition) is 1. The molecular formula is C21H19BN6O3. The predicted molar refractivity (Wildman–Crippen MR) is 113 cm³/mol. The molecule has 1 unspecified atom stereocenters. The van der Waals surface area contributed by atoms with E-state index in [2.05, 4.69) is 20.4 Å². The molecule has 0 spiro atoms. The molecule has 3 heterocycles. The monoisotopic (exact) mass is 414 g/mol. The number of nitrogens with one attached hydrogen (secondary N) is 1. The van der Waals surface area contributed by atoms with Crippen LogP contribution in [0.2, 0.25) is 0 Å². The summed E-state index contributed by atoms with van der Waals surface area (Å²) in [5.74, 6) is -0.0930. The zero-order chi connectivity index (χ0) is 21.7. The lowest BCUT2D eigenvalue weighted by Crippen LogP contribution is -2.47. The van der Waals surface area contributed by atoms with Gasteiger partial charge in [0.2, 0.25) is 11.8 Å². The number of Topliss-reactive ketones (excluding diaryl/α,β-unsaturated/α-hetero) is 1. The number of hydrogen-bond acceptors (Lipinski definition) is 6. The molecule has 2 aliphatic rings. The summed E-state index contributed by atoms with van der Waals surface area (Å²) in [6.45, 7) is 1.41. The highest BCUT2D eigenvalue weighted by Gasteiger charge is 2.56. The first kappa shape index (κ1) is 19.4. The predicted octanol–water partition coefficient (Wildman–Crippen LogP) is 0.451. The van der Waals surface area contributed by atoms with Crippen LogP contribution in [0.25, 0.3) is 10.9 Å². The van der Waals surface area contributed by atoms with E-state index >= 15 is 0 Å². The molecular weight excluding hydrogens is 395 g/mol. The quantitative estimate of drug-likeness (QED) is 0.480. The highest BCUT2D eigenvalue weighted by Crippen LogP contribution is 2.48. The van der Waals surface area contributed by atoms with E-state index in [-0.39, 0.29) is 41.6 Å². The molecule has 1 saturated heterocycles. The van der Waals surface area contributed by atoms with Crippen molar-refractivity contribution in [1.29, 1.82) is 0 Å². The number of aromatic nitrogens is 4. The molecule has 154 valence electrons. The fourth-order valence-corrected chi connectivity index (χ4v) is 4.42. The van der Waals surface area contributed by atoms with Crippen molar-refractivity contribution in [2.75, 3.05) is 5.32 Å². The third-order valence-electron chi connectivity index (χ3n) is 5.88. The van der Waals surface area contributed by atoms with Crippen LogP contribution >= 0.6 is 0 Å². The van der Waals surface area contributed by atoms with Crippen molar-refractivity contribution < 1.29 is 14.4 Å². The van der Waals surface area contributed by atoms with Crippen LogP contribution in [-0.2, 0) is 16.1 Å². The van der Waals surface area contributed by atoms with Crippen LogP contribution in [0.4, 0.5) is 5.82 Å². The van der Waals surface area contributed by atoms with Gasteiger partial charge in [-0.3, -0.25) is 24.0 Å². The van der Waals surface area contributed by atoms with Gasteiger partial charge in [0.15, 0.2) is 5.78 Å². The van der Waals surface area contributed by atoms with Gasteiger partial charge in [0.1, 0.15) is 31.9 Å². The Labute approximate surface area is 179 Å². The SMILES string of the molecule is [B]c1cncc(NC(=O)[C@@H]2C[C@H]3CC3N2C(=O)Cn2nc(C(C)=O)c3ccccc32)n1. The highest BCUT2D eigenvalue weighted by molar-refractivity contribution is 6.30. The summed E-state index contributed by atoms with van der Waals surface area (Å²) in [5.41, 5.74) is 1.25. The van der Waals surface area contributed by atoms with Gasteiger partial charge in [0, 0.05) is 30.1 Å². The van der Waals surface area contributed by atoms with Gasteiger partial charge in [0.25, 0.3) is 0 Å². The number of carbonyl (C=O) groups excluding carboxylic acids is 3. The summed E-state index contributed by atoms with van der Waals surface area (Å²) >= 11 is 0. The topological polar surface area (TPSA) is 110 Å². The van der Waals surface area contributed by atoms with Gasteiger partial charge in [-0.15, -0.1) is 0 Å². The minimum absolute atomic E-state index is 0.0428. The number of rotatable bonds is 5. The Balaban J connectivity index is 1.38. The van der Waals surface area contributed by atoms with Gasteiger partial charge < -0.3 is 10.2 Å². The summed E-state index contributed by atoms with van der Waals surface area (Å²) in [4.78, 5) is 47.7. The van der Waals surface area contributed by atoms with E-state index in [0.717, 1.165) is 6.42 Å². The second-order valence-corrected chi connectivity index (χ2v) is 8.01. The Morgan fingerprint density at radius 2 is 2.00 bits per heavy atom. The molecule has 2 fully saturated rings. The van der Waals surface area contributed by atoms with Gasteiger partial charge in [-0.25, -0.2) is 4.98 Å². The second-order valence-electron chi connectivity index (χ2n) is 8.01. The molecule has 3 atom stereocenters. The van der Waals surface area contributed by atoms with Crippen molar-refractivity contribution in [2.24, 2.45) is 5.92 Å². The maximum atomic E-state index is 13.2. The van der Waals surface area contributed by atoms with Gasteiger partial charge in [0.05, 0.1) is 11.7 Å². The first-order chi connectivity index (χ1) is 14.9. The van der Waals surface area contributed by atoms with E-state index in [0.29, 0.717) is 28.9 Å². The Morgan fingerprint density at radius 1 is 1.19 bits per heavy atom. The molecule has 10 heteroatoms. The van der Waals surface area contributed by atoms with Crippen molar-refractivity contribution in [1.82, 2.24) is 24.6 Å². The normalized spacial score (nSPS) is 21.7. The molecule has 1 aliphatic carbocycles. The molecule has 1 aliphatic heterocycles. The molecule has 2 amide bonds. The summed E-state index contributed by atoms with van der Waals surface area (Å²) in [7, 11) is 5.62. The van der Waals surface area contributed by atoms with Gasteiger partial charge in [-0.05, 0) is 24.8 Å². The smallest absolute Gasteiger partial charge is 0.248 e. The molecule has 1 aromatic carbocycles. The second kappa shape index (κ2) is 7.30. The first-order valence-electron chi connectivity index (χ1n) is 10.1. The molecule has 5 rings (SSSR count). The first-order valence-corrected chi connectivity index (χ1v) is 10.1. The minimum Gasteiger partial charge on any atom is -0.326 e. The largest absolute Gasteiger partial charge is 0.326 e. The van der Waals surface area contributed by atoms with Gasteiger partial charge in [-0.1, -0.05) is 18.2 Å². The summed E-state index contributed by atoms with van der Waals surface area (Å²) in [5, 5.41) is 7.79. The summed E-state index contributed by atoms with van der Waals surface area (Å²) in [6, 6.07) is 6.78. The van der Waals surface area contributed by atoms with E-state index in [1.54, 1.807) is 9.58 Å². The molecule has 2 radical (unpaired) electrons. The molecule has 9 nitrogen and oxygen atoms in total. The molecule has 1 saturated carbocycles. The number of anilines is 1. The lowest BCUT2D eigenvalue weighted by Gasteiger charge is -2.26. The Bertz CT molecular complexity index is 1220. The minimum atomic E-state index is -0.589. The van der Waals surface area contributed by atoms with Gasteiger partial charge >= 0.3 is 0 Å². The average molecular weight is 414 g/mol. The Morgan fingerprint density at radius 3 is 2.77 bits per heavy atom. The van der Waals surface area contributed by atoms with Crippen LogP contribution in [0.1, 0.15) is 30.3 Å². The number of nitrogens with zero attached hydrogens (tertiary/aromatic N) is 5. The van der Waals surface area contributed by atoms with Crippen LogP contribution in [0.15, 0.2) is 36.7 Å². The lowest BCUT2D eigenvalue weighted by atomic mass is 10.1. The standard InChI is InChI=1S/C21H19BN6O3/c1-11(29)20-13-4-2-3-5-14(13)27(26-20)10-19(30)28-15-6-12(15)7-16(28)21(31)25-18-9-23-8-17(22)24-18/h2-5,8-9,12,15-16H,6-7,10H2,1H3,(H,24,25,31)/t12-,15?,16+/m1/s1. The molecule has 1 N–H and O–H groups in total. The fourth-order valence-electron chi connectivity index (χ4n) is 4.42. The lowest BCUT2D eigenvalue weighted by molar-refractivity contribution is -0.138. The summed E-state index contributed by atoms with van der Waals surface area (Å²) < 4.78 is 1.54. The number of para-hydroxylation sites is 1. The number of piperidine rings is 1. The van der Waals surface area contributed by atoms with E-state index in [1.165, 1.54) is 19.3 Å². The number of fused-ring (bicyclic) bond motifs is 2. The Kier molecular flexibility index (Phi) is 4.57. The average Bonchev–Trinajstić information content (AvgIpc) is 3.24. The van der Waals surface area contributed by atoms with Crippen LogP contribution in [-0.4, -0.2) is 62.2 Å². The van der Waals surface area contributed by atoms with E-state index in [9.17, 15) is 14.4 Å². The number of ketones is 1. The number of carbonyl (C=O) groups is 3. The van der Waals surface area contributed by atoms with Crippen molar-refractivity contribution in [3.05, 3.63) is 42.4 Å². The Hall–Kier alpha value is -3.56. The van der Waals surface area contributed by atoms with Crippen LogP contribution in [0.5, 0.6) is 0 Å². The fraction of sp³-hybridized carbons (Fsp3) is 0.333. The molecule has 31 heavy (non-hydrogen) atoms. The van der Waals surface area contributed by atoms with E-state index in [4.69, 9.17) is 7.85 Å². The zero-order valence-electron chi connectivity index (χ0n) is 16.9. The number of benzene rings is 1. The number of likely N-dealkylation sites (tertiary alicyclic amines) is 1. The van der Waals surface area contributed by atoms with Crippen molar-refractivity contribution in [2.45, 2.75) is 38.4 Å². The van der Waals surface area contributed by atoms with Crippen LogP contribution in [0, 0.1) is 5.92 Å². The highest BCUT2D eigenvalue weighted by atomic mass is 16.2. The molecule has 2 aromatic heterocycles. The molecule has 0 bridgehead atoms. The number of amides is 2. The van der Waals surface area contributed by atoms with Crippen molar-refractivity contribution >= 4 is 47.8 Å². The van der Waals surface area contributed by atoms with E-state index in [1.807, 2.05) is 24.3 Å². The maximum Gasteiger partial charge on any atom is 0.248 e. The van der Waals surface area contributed by atoms with Crippen molar-refractivity contribution in [3.63, 3.8) is 0 Å². The van der Waals surface area contributed by atoms with Crippen LogP contribution < -0.4 is 10.9 Å². The maximum absolute atomic E-state index is 13.2.